The first kappa shape index (κ1) is 15.8. The quantitative estimate of drug-likeness (QED) is 0.921. The maximum Gasteiger partial charge on any atom is 0.233 e. The molecule has 5 heteroatoms. The van der Waals surface area contributed by atoms with Gasteiger partial charge in [0, 0.05) is 13.1 Å². The van der Waals surface area contributed by atoms with E-state index in [1.807, 2.05) is 29.2 Å². The summed E-state index contributed by atoms with van der Waals surface area (Å²) in [7, 11) is 1.64. The molecule has 2 amide bonds. The summed E-state index contributed by atoms with van der Waals surface area (Å²) in [5.74, 6) is 0.451. The minimum absolute atomic E-state index is 0.156. The van der Waals surface area contributed by atoms with Gasteiger partial charge in [0.2, 0.25) is 11.8 Å². The van der Waals surface area contributed by atoms with Crippen molar-refractivity contribution in [2.75, 3.05) is 20.2 Å². The third-order valence-corrected chi connectivity index (χ3v) is 5.39. The number of amides is 2. The molecule has 1 unspecified atom stereocenters. The zero-order valence-corrected chi connectivity index (χ0v) is 13.6. The summed E-state index contributed by atoms with van der Waals surface area (Å²) in [5.41, 5.74) is 6.01. The molecule has 0 bridgehead atoms. The van der Waals surface area contributed by atoms with Gasteiger partial charge in [0.05, 0.1) is 18.4 Å². The van der Waals surface area contributed by atoms with Crippen LogP contribution in [0.3, 0.4) is 0 Å². The predicted octanol–water partition coefficient (Wildman–Crippen LogP) is 1.84. The summed E-state index contributed by atoms with van der Waals surface area (Å²) in [5, 5.41) is 0. The van der Waals surface area contributed by atoms with Crippen LogP contribution in [0.5, 0.6) is 5.75 Å². The number of hydrogen-bond donors (Lipinski definition) is 1. The zero-order chi connectivity index (χ0) is 16.4. The second-order valence-corrected chi connectivity index (χ2v) is 6.66. The van der Waals surface area contributed by atoms with E-state index in [0.29, 0.717) is 19.5 Å². The van der Waals surface area contributed by atoms with Crippen molar-refractivity contribution in [3.05, 3.63) is 29.8 Å². The van der Waals surface area contributed by atoms with E-state index in [1.165, 1.54) is 0 Å². The molecule has 1 aromatic carbocycles. The van der Waals surface area contributed by atoms with Crippen LogP contribution in [-0.2, 0) is 15.0 Å². The van der Waals surface area contributed by atoms with E-state index < -0.39 is 5.41 Å². The van der Waals surface area contributed by atoms with Gasteiger partial charge in [0.25, 0.3) is 0 Å². The molecule has 1 aromatic rings. The average Bonchev–Trinajstić information content (AvgIpc) is 3.24. The van der Waals surface area contributed by atoms with Gasteiger partial charge in [0.15, 0.2) is 0 Å². The average molecular weight is 316 g/mol. The van der Waals surface area contributed by atoms with E-state index in [0.717, 1.165) is 37.0 Å². The summed E-state index contributed by atoms with van der Waals surface area (Å²) in [6.45, 7) is 1.09. The number of carbonyl (C=O) groups excluding carboxylic acids is 2. The highest BCUT2D eigenvalue weighted by Gasteiger charge is 2.46. The number of primary amides is 1. The molecule has 23 heavy (non-hydrogen) atoms. The molecule has 2 fully saturated rings. The molecular formula is C18H24N2O3. The van der Waals surface area contributed by atoms with Crippen LogP contribution in [0, 0.1) is 5.92 Å². The number of hydrogen-bond acceptors (Lipinski definition) is 3. The topological polar surface area (TPSA) is 72.6 Å². The molecule has 0 spiro atoms. The van der Waals surface area contributed by atoms with Gasteiger partial charge in [0.1, 0.15) is 5.75 Å². The number of ether oxygens (including phenoxy) is 1. The highest BCUT2D eigenvalue weighted by atomic mass is 16.5. The minimum Gasteiger partial charge on any atom is -0.497 e. The van der Waals surface area contributed by atoms with Crippen molar-refractivity contribution in [3.8, 4) is 5.75 Å². The Bertz CT molecular complexity index is 591. The van der Waals surface area contributed by atoms with Crippen LogP contribution in [0.1, 0.15) is 37.7 Å². The van der Waals surface area contributed by atoms with Crippen LogP contribution in [0.15, 0.2) is 24.3 Å². The Balaban J connectivity index is 1.85. The van der Waals surface area contributed by atoms with Crippen molar-refractivity contribution >= 4 is 11.8 Å². The summed E-state index contributed by atoms with van der Waals surface area (Å²) >= 11 is 0. The van der Waals surface area contributed by atoms with Gasteiger partial charge >= 0.3 is 0 Å². The number of rotatable bonds is 4. The van der Waals surface area contributed by atoms with Crippen LogP contribution in [0.4, 0.5) is 0 Å². The predicted molar refractivity (Wildman–Crippen MR) is 87.0 cm³/mol. The summed E-state index contributed by atoms with van der Waals surface area (Å²) in [4.78, 5) is 26.5. The largest absolute Gasteiger partial charge is 0.497 e. The van der Waals surface area contributed by atoms with Crippen molar-refractivity contribution in [1.82, 2.24) is 4.90 Å². The van der Waals surface area contributed by atoms with Crippen LogP contribution in [0.2, 0.25) is 0 Å². The zero-order valence-electron chi connectivity index (χ0n) is 13.6. The van der Waals surface area contributed by atoms with E-state index in [1.54, 1.807) is 7.11 Å². The lowest BCUT2D eigenvalue weighted by atomic mass is 9.77. The highest BCUT2D eigenvalue weighted by Crippen LogP contribution is 2.43. The third-order valence-electron chi connectivity index (χ3n) is 5.39. The lowest BCUT2D eigenvalue weighted by molar-refractivity contribution is -0.136. The van der Waals surface area contributed by atoms with E-state index in [-0.39, 0.29) is 17.7 Å². The Morgan fingerprint density at radius 3 is 2.39 bits per heavy atom. The molecule has 124 valence electrons. The Labute approximate surface area is 136 Å². The molecule has 1 aliphatic heterocycles. The van der Waals surface area contributed by atoms with Crippen LogP contribution in [0.25, 0.3) is 0 Å². The Morgan fingerprint density at radius 1 is 1.22 bits per heavy atom. The number of nitrogens with zero attached hydrogens (tertiary/aromatic N) is 1. The molecule has 3 rings (SSSR count). The van der Waals surface area contributed by atoms with E-state index in [4.69, 9.17) is 10.5 Å². The van der Waals surface area contributed by atoms with Gasteiger partial charge in [-0.05, 0) is 37.0 Å². The van der Waals surface area contributed by atoms with Gasteiger partial charge in [-0.1, -0.05) is 25.0 Å². The lowest BCUT2D eigenvalue weighted by Crippen LogP contribution is -2.45. The smallest absolute Gasteiger partial charge is 0.233 e. The van der Waals surface area contributed by atoms with Crippen LogP contribution in [-0.4, -0.2) is 36.9 Å². The van der Waals surface area contributed by atoms with Gasteiger partial charge in [-0.3, -0.25) is 9.59 Å². The van der Waals surface area contributed by atoms with Gasteiger partial charge in [-0.25, -0.2) is 0 Å². The molecule has 1 heterocycles. The molecule has 0 radical (unpaired) electrons. The maximum atomic E-state index is 13.2. The lowest BCUT2D eigenvalue weighted by Gasteiger charge is -2.33. The fraction of sp³-hybridized carbons (Fsp3) is 0.556. The summed E-state index contributed by atoms with van der Waals surface area (Å²) < 4.78 is 5.22. The molecule has 1 atom stereocenters. The second-order valence-electron chi connectivity index (χ2n) is 6.66. The molecule has 5 nitrogen and oxygen atoms in total. The number of benzene rings is 1. The molecule has 1 saturated carbocycles. The van der Waals surface area contributed by atoms with Crippen molar-refractivity contribution in [3.63, 3.8) is 0 Å². The first-order valence-electron chi connectivity index (χ1n) is 8.30. The molecule has 2 aliphatic rings. The normalized spacial score (nSPS) is 23.0. The van der Waals surface area contributed by atoms with E-state index in [2.05, 4.69) is 0 Å². The fourth-order valence-corrected chi connectivity index (χ4v) is 3.99. The summed E-state index contributed by atoms with van der Waals surface area (Å²) in [6.07, 6.45) is 4.54. The summed E-state index contributed by atoms with van der Waals surface area (Å²) in [6, 6.07) is 7.84. The van der Waals surface area contributed by atoms with Crippen molar-refractivity contribution in [2.45, 2.75) is 37.5 Å². The molecule has 1 aliphatic carbocycles. The van der Waals surface area contributed by atoms with Gasteiger partial charge < -0.3 is 15.4 Å². The standard InChI is InChI=1S/C18H24N2O3/c1-23-15-6-4-14(5-7-15)18(9-2-3-10-18)17(22)20-11-8-13(12-20)16(19)21/h4-7,13H,2-3,8-12H2,1H3,(H2,19,21). The Kier molecular flexibility index (Phi) is 4.28. The first-order chi connectivity index (χ1) is 11.1. The highest BCUT2D eigenvalue weighted by molar-refractivity contribution is 5.90. The second kappa shape index (κ2) is 6.22. The van der Waals surface area contributed by atoms with Crippen molar-refractivity contribution in [2.24, 2.45) is 11.7 Å². The molecular weight excluding hydrogens is 292 g/mol. The number of carbonyl (C=O) groups is 2. The first-order valence-corrected chi connectivity index (χ1v) is 8.30. The van der Waals surface area contributed by atoms with Crippen molar-refractivity contribution < 1.29 is 14.3 Å². The van der Waals surface area contributed by atoms with E-state index >= 15 is 0 Å². The monoisotopic (exact) mass is 316 g/mol. The molecule has 0 aromatic heterocycles. The van der Waals surface area contributed by atoms with Gasteiger partial charge in [-0.15, -0.1) is 0 Å². The van der Waals surface area contributed by atoms with Crippen LogP contribution < -0.4 is 10.5 Å². The minimum atomic E-state index is -0.446. The number of methoxy groups -OCH3 is 1. The van der Waals surface area contributed by atoms with Crippen molar-refractivity contribution in [1.29, 1.82) is 0 Å². The number of nitrogens with two attached hydrogens (primary N) is 1. The Morgan fingerprint density at radius 2 is 1.87 bits per heavy atom. The number of likely N-dealkylation sites (tertiary alicyclic amines) is 1. The third kappa shape index (κ3) is 2.80. The van der Waals surface area contributed by atoms with Crippen LogP contribution >= 0.6 is 0 Å². The van der Waals surface area contributed by atoms with E-state index in [9.17, 15) is 9.59 Å². The van der Waals surface area contributed by atoms with Gasteiger partial charge in [-0.2, -0.15) is 0 Å². The fourth-order valence-electron chi connectivity index (χ4n) is 3.99. The maximum absolute atomic E-state index is 13.2. The Hall–Kier alpha value is -2.04. The molecule has 2 N–H and O–H groups in total. The SMILES string of the molecule is COc1ccc(C2(C(=O)N3CCC(C(N)=O)C3)CCCC2)cc1. The molecule has 1 saturated heterocycles.